The molecule has 1 aromatic heterocycles. The molecule has 3 aromatic rings. The van der Waals surface area contributed by atoms with E-state index in [0.717, 1.165) is 6.07 Å². The Morgan fingerprint density at radius 1 is 0.962 bits per heavy atom. The van der Waals surface area contributed by atoms with Crippen molar-refractivity contribution in [2.75, 3.05) is 0 Å². The molecule has 0 amide bonds. The minimum atomic E-state index is -1.90. The molecule has 0 spiro atoms. The summed E-state index contributed by atoms with van der Waals surface area (Å²) in [6.45, 7) is 0. The zero-order valence-corrected chi connectivity index (χ0v) is 12.4. The average molecular weight is 371 g/mol. The van der Waals surface area contributed by atoms with Crippen LogP contribution < -0.4 is 10.2 Å². The van der Waals surface area contributed by atoms with Crippen molar-refractivity contribution in [3.63, 3.8) is 0 Å². The van der Waals surface area contributed by atoms with Crippen molar-refractivity contribution in [2.24, 2.45) is 0 Å². The van der Waals surface area contributed by atoms with Crippen LogP contribution in [-0.2, 0) is 0 Å². The van der Waals surface area contributed by atoms with Gasteiger partial charge in [0, 0.05) is 6.07 Å². The molecule has 3 rings (SSSR count). The number of hydrogen-bond donors (Lipinski definition) is 1. The summed E-state index contributed by atoms with van der Waals surface area (Å²) in [5, 5.41) is 8.11. The van der Waals surface area contributed by atoms with Crippen LogP contribution in [0.15, 0.2) is 35.3 Å². The van der Waals surface area contributed by atoms with Gasteiger partial charge in [0.1, 0.15) is 0 Å². The fourth-order valence-corrected chi connectivity index (χ4v) is 2.36. The molecule has 10 heteroatoms. The quantitative estimate of drug-likeness (QED) is 0.423. The van der Waals surface area contributed by atoms with Gasteiger partial charge in [-0.2, -0.15) is 0 Å². The molecule has 0 aliphatic rings. The number of hydrogen-bond acceptors (Lipinski definition) is 3. The Hall–Kier alpha value is -3.43. The van der Waals surface area contributed by atoms with Gasteiger partial charge in [-0.1, -0.05) is 0 Å². The Morgan fingerprint density at radius 3 is 2.27 bits per heavy atom. The molecule has 5 nitrogen and oxygen atoms in total. The summed E-state index contributed by atoms with van der Waals surface area (Å²) in [6.07, 6.45) is -1.26. The van der Waals surface area contributed by atoms with E-state index in [0.29, 0.717) is 29.0 Å². The van der Waals surface area contributed by atoms with Gasteiger partial charge in [-0.15, -0.1) is 0 Å². The molecule has 0 fully saturated rings. The third kappa shape index (κ3) is 2.75. The summed E-state index contributed by atoms with van der Waals surface area (Å²) in [5.74, 6) is -8.76. The monoisotopic (exact) mass is 371 g/mol. The number of benzene rings is 2. The lowest BCUT2D eigenvalue weighted by Crippen LogP contribution is -2.17. The Bertz CT molecular complexity index is 1130. The van der Waals surface area contributed by atoms with Crippen molar-refractivity contribution in [1.82, 2.24) is 4.57 Å². The number of fused-ring (bicyclic) bond motifs is 1. The van der Waals surface area contributed by atoms with Gasteiger partial charge >= 0.3 is 6.16 Å². The van der Waals surface area contributed by atoms with Gasteiger partial charge in [0.2, 0.25) is 5.43 Å². The molecule has 0 bridgehead atoms. The smallest absolute Gasteiger partial charge is 0.449 e. The normalized spacial score (nSPS) is 11.0. The number of rotatable bonds is 2. The van der Waals surface area contributed by atoms with E-state index in [1.807, 2.05) is 0 Å². The second kappa shape index (κ2) is 6.14. The summed E-state index contributed by atoms with van der Waals surface area (Å²) in [5.41, 5.74) is -2.23. The predicted octanol–water partition coefficient (Wildman–Crippen LogP) is 3.74. The lowest BCUT2D eigenvalue weighted by atomic mass is 10.1. The number of halogens is 5. The first-order valence-corrected chi connectivity index (χ1v) is 6.79. The molecule has 0 atom stereocenters. The Morgan fingerprint density at radius 2 is 1.62 bits per heavy atom. The number of carboxylic acid groups (broad SMARTS) is 1. The molecule has 0 saturated carbocycles. The van der Waals surface area contributed by atoms with Crippen LogP contribution >= 0.6 is 0 Å². The highest BCUT2D eigenvalue weighted by molar-refractivity contribution is 5.82. The van der Waals surface area contributed by atoms with E-state index in [9.17, 15) is 31.5 Å². The van der Waals surface area contributed by atoms with Crippen molar-refractivity contribution in [3.8, 4) is 11.4 Å². The number of nitrogens with zero attached hydrogens (tertiary/aromatic N) is 1. The molecule has 0 aliphatic heterocycles. The van der Waals surface area contributed by atoms with Crippen LogP contribution in [0.2, 0.25) is 0 Å². The summed E-state index contributed by atoms with van der Waals surface area (Å²) >= 11 is 0. The van der Waals surface area contributed by atoms with Crippen LogP contribution in [0.5, 0.6) is 5.75 Å². The first kappa shape index (κ1) is 17.4. The number of pyridine rings is 1. The van der Waals surface area contributed by atoms with E-state index < -0.39 is 63.0 Å². The number of carbonyl (C=O) groups is 1. The number of aromatic nitrogens is 1. The molecule has 134 valence electrons. The lowest BCUT2D eigenvalue weighted by molar-refractivity contribution is 0.144. The minimum Gasteiger partial charge on any atom is -0.449 e. The van der Waals surface area contributed by atoms with Crippen molar-refractivity contribution < 1.29 is 36.6 Å². The maximum atomic E-state index is 14.1. The van der Waals surface area contributed by atoms with Gasteiger partial charge in [0.15, 0.2) is 34.8 Å². The summed E-state index contributed by atoms with van der Waals surface area (Å²) < 4.78 is 72.8. The highest BCUT2D eigenvalue weighted by Gasteiger charge is 2.20. The van der Waals surface area contributed by atoms with Crippen molar-refractivity contribution in [3.05, 3.63) is 69.8 Å². The largest absolute Gasteiger partial charge is 0.511 e. The highest BCUT2D eigenvalue weighted by Crippen LogP contribution is 2.26. The number of ether oxygens (including phenoxy) is 1. The van der Waals surface area contributed by atoms with Crippen molar-refractivity contribution in [1.29, 1.82) is 0 Å². The molecule has 1 heterocycles. The first-order chi connectivity index (χ1) is 12.2. The molecule has 0 unspecified atom stereocenters. The van der Waals surface area contributed by atoms with Crippen LogP contribution in [-0.4, -0.2) is 15.8 Å². The van der Waals surface area contributed by atoms with Crippen LogP contribution in [0.1, 0.15) is 0 Å². The second-order valence-corrected chi connectivity index (χ2v) is 5.04. The maximum Gasteiger partial charge on any atom is 0.511 e. The van der Waals surface area contributed by atoms with E-state index in [4.69, 9.17) is 5.11 Å². The van der Waals surface area contributed by atoms with Gasteiger partial charge in [-0.25, -0.2) is 26.7 Å². The van der Waals surface area contributed by atoms with Crippen LogP contribution in [0.3, 0.4) is 0 Å². The Labute approximate surface area is 140 Å². The first-order valence-electron chi connectivity index (χ1n) is 6.79. The van der Waals surface area contributed by atoms with Crippen LogP contribution in [0.4, 0.5) is 26.7 Å². The summed E-state index contributed by atoms with van der Waals surface area (Å²) in [4.78, 5) is 22.9. The standard InChI is InChI=1S/C16H6F5NO4/c17-7-1-2-10(14(21)13(7)20)22-5-12(26-16(24)25)15(23)6-3-8(18)9(19)4-11(6)22/h1-5H,(H,24,25). The van der Waals surface area contributed by atoms with E-state index >= 15 is 0 Å². The van der Waals surface area contributed by atoms with Crippen molar-refractivity contribution >= 4 is 17.1 Å². The van der Waals surface area contributed by atoms with Gasteiger partial charge in [0.05, 0.1) is 22.8 Å². The Balaban J connectivity index is 2.46. The fraction of sp³-hybridized carbons (Fsp3) is 0. The van der Waals surface area contributed by atoms with Gasteiger partial charge in [0.25, 0.3) is 0 Å². The second-order valence-electron chi connectivity index (χ2n) is 5.04. The zero-order chi connectivity index (χ0) is 19.2. The third-order valence-electron chi connectivity index (χ3n) is 3.48. The van der Waals surface area contributed by atoms with Gasteiger partial charge in [-0.3, -0.25) is 4.79 Å². The van der Waals surface area contributed by atoms with Gasteiger partial charge < -0.3 is 14.4 Å². The van der Waals surface area contributed by atoms with E-state index in [1.54, 1.807) is 0 Å². The van der Waals surface area contributed by atoms with E-state index in [2.05, 4.69) is 4.74 Å². The molecule has 0 radical (unpaired) electrons. The minimum absolute atomic E-state index is 0.420. The van der Waals surface area contributed by atoms with Gasteiger partial charge in [-0.05, 0) is 18.2 Å². The lowest BCUT2D eigenvalue weighted by Gasteiger charge is -2.14. The molecule has 1 N–H and O–H groups in total. The van der Waals surface area contributed by atoms with E-state index in [1.165, 1.54) is 0 Å². The molecule has 0 saturated heterocycles. The molecular formula is C16H6F5NO4. The Kier molecular flexibility index (Phi) is 4.10. The molecular weight excluding hydrogens is 365 g/mol. The van der Waals surface area contributed by atoms with E-state index in [-0.39, 0.29) is 0 Å². The molecule has 26 heavy (non-hydrogen) atoms. The van der Waals surface area contributed by atoms with Crippen LogP contribution in [0, 0.1) is 29.1 Å². The molecule has 2 aromatic carbocycles. The average Bonchev–Trinajstić information content (AvgIpc) is 2.57. The SMILES string of the molecule is O=C(O)Oc1cn(-c2ccc(F)c(F)c2F)c2cc(F)c(F)cc2c1=O. The molecule has 0 aliphatic carbocycles. The fourth-order valence-electron chi connectivity index (χ4n) is 2.36. The topological polar surface area (TPSA) is 68.5 Å². The predicted molar refractivity (Wildman–Crippen MR) is 78.0 cm³/mol. The third-order valence-corrected chi connectivity index (χ3v) is 3.48. The maximum absolute atomic E-state index is 14.1. The highest BCUT2D eigenvalue weighted by atomic mass is 19.2. The van der Waals surface area contributed by atoms with Crippen molar-refractivity contribution in [2.45, 2.75) is 0 Å². The zero-order valence-electron chi connectivity index (χ0n) is 12.4. The summed E-state index contributed by atoms with van der Waals surface area (Å²) in [7, 11) is 0. The summed E-state index contributed by atoms with van der Waals surface area (Å²) in [6, 6.07) is 2.31. The van der Waals surface area contributed by atoms with Crippen LogP contribution in [0.25, 0.3) is 16.6 Å².